The first-order valence-electron chi connectivity index (χ1n) is 7.07. The fourth-order valence-electron chi connectivity index (χ4n) is 2.81. The van der Waals surface area contributed by atoms with Gasteiger partial charge in [-0.15, -0.1) is 0 Å². The number of fused-ring (bicyclic) bond motifs is 1. The average Bonchev–Trinajstić information content (AvgIpc) is 2.77. The highest BCUT2D eigenvalue weighted by molar-refractivity contribution is 5.77. The van der Waals surface area contributed by atoms with Crippen molar-refractivity contribution >= 4 is 16.8 Å². The number of oxazole rings is 1. The molecule has 0 spiro atoms. The van der Waals surface area contributed by atoms with Gasteiger partial charge in [-0.3, -0.25) is 0 Å². The molecule has 0 radical (unpaired) electrons. The normalized spacial score (nSPS) is 23.7. The van der Waals surface area contributed by atoms with E-state index in [0.717, 1.165) is 42.1 Å². The van der Waals surface area contributed by atoms with Crippen LogP contribution in [0.5, 0.6) is 0 Å². The van der Waals surface area contributed by atoms with Crippen LogP contribution in [0.4, 0.5) is 5.69 Å². The van der Waals surface area contributed by atoms with Gasteiger partial charge in [0.15, 0.2) is 11.5 Å². The number of aryl methyl sites for hydroxylation is 1. The van der Waals surface area contributed by atoms with E-state index in [1.54, 1.807) is 0 Å². The average molecular weight is 259 g/mol. The van der Waals surface area contributed by atoms with Crippen molar-refractivity contribution in [1.29, 1.82) is 0 Å². The second-order valence-electron chi connectivity index (χ2n) is 5.58. The molecule has 0 saturated heterocycles. The Bertz CT molecular complexity index is 556. The summed E-state index contributed by atoms with van der Waals surface area (Å²) in [6.07, 6.45) is 4.79. The van der Waals surface area contributed by atoms with E-state index in [2.05, 4.69) is 22.4 Å². The maximum atomic E-state index is 5.93. The molecule has 4 nitrogen and oxygen atoms in total. The molecule has 0 aliphatic heterocycles. The number of nitrogens with one attached hydrogen (secondary N) is 1. The van der Waals surface area contributed by atoms with E-state index in [-0.39, 0.29) is 0 Å². The van der Waals surface area contributed by atoms with Crippen LogP contribution in [-0.2, 0) is 0 Å². The van der Waals surface area contributed by atoms with Gasteiger partial charge >= 0.3 is 0 Å². The molecule has 19 heavy (non-hydrogen) atoms. The van der Waals surface area contributed by atoms with E-state index in [1.165, 1.54) is 12.8 Å². The quantitative estimate of drug-likeness (QED) is 0.889. The van der Waals surface area contributed by atoms with Crippen molar-refractivity contribution in [3.63, 3.8) is 0 Å². The monoisotopic (exact) mass is 259 g/mol. The highest BCUT2D eigenvalue weighted by Gasteiger charge is 2.18. The molecule has 102 valence electrons. The lowest BCUT2D eigenvalue weighted by Crippen LogP contribution is -2.29. The summed E-state index contributed by atoms with van der Waals surface area (Å²) in [5.41, 5.74) is 8.83. The number of rotatable bonds is 3. The molecular formula is C15H21N3O. The van der Waals surface area contributed by atoms with Crippen LogP contribution >= 0.6 is 0 Å². The van der Waals surface area contributed by atoms with Gasteiger partial charge in [0.2, 0.25) is 0 Å². The number of benzene rings is 1. The van der Waals surface area contributed by atoms with Crippen molar-refractivity contribution in [2.24, 2.45) is 11.7 Å². The van der Waals surface area contributed by atoms with Crippen molar-refractivity contribution in [2.75, 3.05) is 11.9 Å². The SMILES string of the molecule is Cc1nc2cc(NCC3CCC(N)CC3)ccc2o1. The standard InChI is InChI=1S/C15H21N3O/c1-10-18-14-8-13(6-7-15(14)19-10)17-9-11-2-4-12(16)5-3-11/h6-8,11-12,17H,2-5,9,16H2,1H3. The van der Waals surface area contributed by atoms with Crippen LogP contribution in [0.15, 0.2) is 22.6 Å². The van der Waals surface area contributed by atoms with E-state index >= 15 is 0 Å². The summed E-state index contributed by atoms with van der Waals surface area (Å²) in [6.45, 7) is 2.90. The Labute approximate surface area is 113 Å². The highest BCUT2D eigenvalue weighted by Crippen LogP contribution is 2.24. The molecule has 1 heterocycles. The highest BCUT2D eigenvalue weighted by atomic mass is 16.3. The molecule has 2 aromatic rings. The lowest BCUT2D eigenvalue weighted by Gasteiger charge is -2.26. The second-order valence-corrected chi connectivity index (χ2v) is 5.58. The summed E-state index contributed by atoms with van der Waals surface area (Å²) in [4.78, 5) is 4.36. The van der Waals surface area contributed by atoms with Crippen LogP contribution in [-0.4, -0.2) is 17.6 Å². The third kappa shape index (κ3) is 2.89. The molecule has 1 aromatic carbocycles. The molecule has 1 fully saturated rings. The largest absolute Gasteiger partial charge is 0.441 e. The Morgan fingerprint density at radius 3 is 2.89 bits per heavy atom. The van der Waals surface area contributed by atoms with Crippen molar-refractivity contribution in [1.82, 2.24) is 4.98 Å². The van der Waals surface area contributed by atoms with Gasteiger partial charge in [0, 0.05) is 25.2 Å². The third-order valence-electron chi connectivity index (χ3n) is 3.98. The zero-order valence-electron chi connectivity index (χ0n) is 11.4. The van der Waals surface area contributed by atoms with Gasteiger partial charge in [0.1, 0.15) is 5.52 Å². The van der Waals surface area contributed by atoms with Crippen molar-refractivity contribution in [3.05, 3.63) is 24.1 Å². The van der Waals surface area contributed by atoms with Crippen LogP contribution in [0, 0.1) is 12.8 Å². The van der Waals surface area contributed by atoms with E-state index in [0.29, 0.717) is 11.9 Å². The van der Waals surface area contributed by atoms with Gasteiger partial charge in [-0.1, -0.05) is 0 Å². The maximum Gasteiger partial charge on any atom is 0.192 e. The van der Waals surface area contributed by atoms with E-state index < -0.39 is 0 Å². The van der Waals surface area contributed by atoms with E-state index in [4.69, 9.17) is 10.2 Å². The molecule has 0 unspecified atom stereocenters. The Morgan fingerprint density at radius 2 is 2.11 bits per heavy atom. The minimum atomic E-state index is 0.422. The Kier molecular flexibility index (Phi) is 3.42. The fourth-order valence-corrected chi connectivity index (χ4v) is 2.81. The maximum absolute atomic E-state index is 5.93. The Balaban J connectivity index is 1.61. The lowest BCUT2D eigenvalue weighted by atomic mass is 9.86. The van der Waals surface area contributed by atoms with Crippen LogP contribution in [0.25, 0.3) is 11.1 Å². The van der Waals surface area contributed by atoms with E-state index in [9.17, 15) is 0 Å². The minimum absolute atomic E-state index is 0.422. The molecule has 3 rings (SSSR count). The van der Waals surface area contributed by atoms with Crippen molar-refractivity contribution in [3.8, 4) is 0 Å². The van der Waals surface area contributed by atoms with Crippen LogP contribution in [0.3, 0.4) is 0 Å². The fraction of sp³-hybridized carbons (Fsp3) is 0.533. The molecule has 3 N–H and O–H groups in total. The number of aromatic nitrogens is 1. The number of anilines is 1. The van der Waals surface area contributed by atoms with Gasteiger partial charge in [-0.25, -0.2) is 4.98 Å². The Morgan fingerprint density at radius 1 is 1.32 bits per heavy atom. The molecule has 0 amide bonds. The summed E-state index contributed by atoms with van der Waals surface area (Å²) < 4.78 is 5.48. The minimum Gasteiger partial charge on any atom is -0.441 e. The van der Waals surface area contributed by atoms with Crippen LogP contribution in [0.2, 0.25) is 0 Å². The summed E-state index contributed by atoms with van der Waals surface area (Å²) in [6, 6.07) is 6.52. The first-order valence-corrected chi connectivity index (χ1v) is 7.07. The Hall–Kier alpha value is -1.55. The zero-order chi connectivity index (χ0) is 13.2. The first kappa shape index (κ1) is 12.5. The molecular weight excluding hydrogens is 238 g/mol. The molecule has 1 aliphatic carbocycles. The smallest absolute Gasteiger partial charge is 0.192 e. The number of nitrogens with zero attached hydrogens (tertiary/aromatic N) is 1. The zero-order valence-corrected chi connectivity index (χ0v) is 11.4. The summed E-state index contributed by atoms with van der Waals surface area (Å²) in [7, 11) is 0. The molecule has 4 heteroatoms. The van der Waals surface area contributed by atoms with Gasteiger partial charge in [0.05, 0.1) is 0 Å². The molecule has 1 saturated carbocycles. The first-order chi connectivity index (χ1) is 9.20. The number of hydrogen-bond donors (Lipinski definition) is 2. The van der Waals surface area contributed by atoms with Crippen LogP contribution < -0.4 is 11.1 Å². The van der Waals surface area contributed by atoms with Crippen LogP contribution in [0.1, 0.15) is 31.6 Å². The number of nitrogens with two attached hydrogens (primary N) is 1. The van der Waals surface area contributed by atoms with E-state index in [1.807, 2.05) is 13.0 Å². The molecule has 1 aromatic heterocycles. The van der Waals surface area contributed by atoms with Gasteiger partial charge in [-0.2, -0.15) is 0 Å². The van der Waals surface area contributed by atoms with Gasteiger partial charge < -0.3 is 15.5 Å². The molecule has 0 bridgehead atoms. The summed E-state index contributed by atoms with van der Waals surface area (Å²) >= 11 is 0. The summed E-state index contributed by atoms with van der Waals surface area (Å²) in [5, 5.41) is 3.51. The molecule has 1 aliphatic rings. The van der Waals surface area contributed by atoms with Gasteiger partial charge in [-0.05, 0) is 49.8 Å². The number of hydrogen-bond acceptors (Lipinski definition) is 4. The lowest BCUT2D eigenvalue weighted by molar-refractivity contribution is 0.339. The van der Waals surface area contributed by atoms with Crippen molar-refractivity contribution < 1.29 is 4.42 Å². The second kappa shape index (κ2) is 5.21. The predicted octanol–water partition coefficient (Wildman–Crippen LogP) is 3.07. The van der Waals surface area contributed by atoms with Crippen molar-refractivity contribution in [2.45, 2.75) is 38.6 Å². The molecule has 0 atom stereocenters. The topological polar surface area (TPSA) is 64.1 Å². The predicted molar refractivity (Wildman–Crippen MR) is 77.2 cm³/mol. The van der Waals surface area contributed by atoms with Gasteiger partial charge in [0.25, 0.3) is 0 Å². The third-order valence-corrected chi connectivity index (χ3v) is 3.98. The summed E-state index contributed by atoms with van der Waals surface area (Å²) in [5.74, 6) is 1.46.